The summed E-state index contributed by atoms with van der Waals surface area (Å²) in [6.45, 7) is 4.66. The van der Waals surface area contributed by atoms with Gasteiger partial charge < -0.3 is 10.0 Å². The molecular weight excluding hydrogens is 194 g/mol. The fraction of sp³-hybridized carbons (Fsp3) is 0.636. The van der Waals surface area contributed by atoms with Gasteiger partial charge in [-0.15, -0.1) is 0 Å². The first-order valence-electron chi connectivity index (χ1n) is 5.25. The maximum atomic E-state index is 11.8. The molecule has 1 unspecified atom stereocenters. The van der Waals surface area contributed by atoms with Crippen LogP contribution in [0.4, 0.5) is 0 Å². The fourth-order valence-electron chi connectivity index (χ4n) is 1.79. The number of hydrogen-bond acceptors (Lipinski definition) is 2. The van der Waals surface area contributed by atoms with Gasteiger partial charge in [-0.3, -0.25) is 9.59 Å². The topological polar surface area (TPSA) is 57.6 Å². The Balaban J connectivity index is 2.57. The van der Waals surface area contributed by atoms with Crippen LogP contribution in [0.1, 0.15) is 26.7 Å². The Kier molecular flexibility index (Phi) is 3.88. The van der Waals surface area contributed by atoms with Crippen LogP contribution in [-0.2, 0) is 9.59 Å². The second kappa shape index (κ2) is 4.96. The Morgan fingerprint density at radius 2 is 2.20 bits per heavy atom. The SMILES string of the molecule is CCC=C(C)C(=O)N1CCC(C(=O)O)C1. The summed E-state index contributed by atoms with van der Waals surface area (Å²) >= 11 is 0. The van der Waals surface area contributed by atoms with E-state index < -0.39 is 5.97 Å². The Morgan fingerprint density at radius 1 is 1.53 bits per heavy atom. The number of nitrogens with zero attached hydrogens (tertiary/aromatic N) is 1. The number of carbonyl (C=O) groups excluding carboxylic acids is 1. The van der Waals surface area contributed by atoms with Crippen LogP contribution in [0.3, 0.4) is 0 Å². The molecule has 0 saturated carbocycles. The molecule has 1 aliphatic heterocycles. The van der Waals surface area contributed by atoms with Gasteiger partial charge in [-0.2, -0.15) is 0 Å². The third-order valence-corrected chi connectivity index (χ3v) is 2.67. The van der Waals surface area contributed by atoms with Crippen molar-refractivity contribution < 1.29 is 14.7 Å². The van der Waals surface area contributed by atoms with E-state index >= 15 is 0 Å². The van der Waals surface area contributed by atoms with E-state index in [-0.39, 0.29) is 11.8 Å². The van der Waals surface area contributed by atoms with E-state index in [2.05, 4.69) is 0 Å². The summed E-state index contributed by atoms with van der Waals surface area (Å²) in [5.74, 6) is -1.22. The van der Waals surface area contributed by atoms with Crippen LogP contribution in [0.25, 0.3) is 0 Å². The summed E-state index contributed by atoms with van der Waals surface area (Å²) in [7, 11) is 0. The van der Waals surface area contributed by atoms with Crippen LogP contribution < -0.4 is 0 Å². The molecule has 0 bridgehead atoms. The van der Waals surface area contributed by atoms with E-state index in [9.17, 15) is 9.59 Å². The van der Waals surface area contributed by atoms with Crippen molar-refractivity contribution in [2.45, 2.75) is 26.7 Å². The second-order valence-corrected chi connectivity index (χ2v) is 3.87. The van der Waals surface area contributed by atoms with Gasteiger partial charge >= 0.3 is 5.97 Å². The molecule has 4 heteroatoms. The van der Waals surface area contributed by atoms with Crippen molar-refractivity contribution in [3.05, 3.63) is 11.6 Å². The number of carbonyl (C=O) groups is 2. The summed E-state index contributed by atoms with van der Waals surface area (Å²) in [6, 6.07) is 0. The molecule has 0 aromatic rings. The monoisotopic (exact) mass is 211 g/mol. The first-order chi connectivity index (χ1) is 7.06. The lowest BCUT2D eigenvalue weighted by atomic mass is 10.1. The number of carboxylic acid groups (broad SMARTS) is 1. The average Bonchev–Trinajstić information content (AvgIpc) is 2.65. The van der Waals surface area contributed by atoms with E-state index in [0.717, 1.165) is 6.42 Å². The van der Waals surface area contributed by atoms with Crippen molar-refractivity contribution in [3.63, 3.8) is 0 Å². The summed E-state index contributed by atoms with van der Waals surface area (Å²) in [6.07, 6.45) is 3.27. The molecule has 0 spiro atoms. The first-order valence-corrected chi connectivity index (χ1v) is 5.25. The molecule has 1 amide bonds. The summed E-state index contributed by atoms with van der Waals surface area (Å²) in [4.78, 5) is 24.1. The van der Waals surface area contributed by atoms with E-state index in [4.69, 9.17) is 5.11 Å². The lowest BCUT2D eigenvalue weighted by molar-refractivity contribution is -0.141. The molecule has 0 radical (unpaired) electrons. The minimum Gasteiger partial charge on any atom is -0.481 e. The highest BCUT2D eigenvalue weighted by Gasteiger charge is 2.30. The Morgan fingerprint density at radius 3 is 2.67 bits per heavy atom. The molecule has 1 aliphatic rings. The number of rotatable bonds is 3. The third kappa shape index (κ3) is 2.81. The van der Waals surface area contributed by atoms with E-state index in [1.165, 1.54) is 0 Å². The minimum atomic E-state index is -0.803. The molecule has 0 aromatic carbocycles. The van der Waals surface area contributed by atoms with Crippen LogP contribution in [0.5, 0.6) is 0 Å². The zero-order chi connectivity index (χ0) is 11.4. The molecule has 15 heavy (non-hydrogen) atoms. The largest absolute Gasteiger partial charge is 0.481 e. The molecule has 84 valence electrons. The van der Waals surface area contributed by atoms with Crippen LogP contribution in [0, 0.1) is 5.92 Å². The van der Waals surface area contributed by atoms with Gasteiger partial charge in [0.05, 0.1) is 5.92 Å². The van der Waals surface area contributed by atoms with Gasteiger partial charge in [-0.25, -0.2) is 0 Å². The van der Waals surface area contributed by atoms with Crippen molar-refractivity contribution >= 4 is 11.9 Å². The lowest BCUT2D eigenvalue weighted by Crippen LogP contribution is -2.30. The Labute approximate surface area is 89.6 Å². The number of likely N-dealkylation sites (tertiary alicyclic amines) is 1. The highest BCUT2D eigenvalue weighted by atomic mass is 16.4. The predicted octanol–water partition coefficient (Wildman–Crippen LogP) is 1.28. The normalized spacial score (nSPS) is 21.9. The van der Waals surface area contributed by atoms with E-state index in [0.29, 0.717) is 25.1 Å². The van der Waals surface area contributed by atoms with Crippen molar-refractivity contribution in [3.8, 4) is 0 Å². The smallest absolute Gasteiger partial charge is 0.308 e. The molecule has 1 fully saturated rings. The summed E-state index contributed by atoms with van der Waals surface area (Å²) < 4.78 is 0. The van der Waals surface area contributed by atoms with Gasteiger partial charge in [-0.1, -0.05) is 13.0 Å². The fourth-order valence-corrected chi connectivity index (χ4v) is 1.79. The molecule has 1 atom stereocenters. The number of aliphatic carboxylic acids is 1. The van der Waals surface area contributed by atoms with Crippen molar-refractivity contribution in [2.75, 3.05) is 13.1 Å². The lowest BCUT2D eigenvalue weighted by Gasteiger charge is -2.15. The van der Waals surface area contributed by atoms with Gasteiger partial charge in [0.1, 0.15) is 0 Å². The van der Waals surface area contributed by atoms with Gasteiger partial charge in [0, 0.05) is 18.7 Å². The highest BCUT2D eigenvalue weighted by Crippen LogP contribution is 2.18. The van der Waals surface area contributed by atoms with Gasteiger partial charge in [0.15, 0.2) is 0 Å². The van der Waals surface area contributed by atoms with Gasteiger partial charge in [0.25, 0.3) is 0 Å². The molecule has 1 N–H and O–H groups in total. The molecule has 0 aliphatic carbocycles. The zero-order valence-electron chi connectivity index (χ0n) is 9.19. The average molecular weight is 211 g/mol. The van der Waals surface area contributed by atoms with Crippen LogP contribution in [0.2, 0.25) is 0 Å². The molecule has 1 rings (SSSR count). The second-order valence-electron chi connectivity index (χ2n) is 3.87. The number of allylic oxidation sites excluding steroid dienone is 1. The molecule has 0 aromatic heterocycles. The standard InChI is InChI=1S/C11H17NO3/c1-3-4-8(2)10(13)12-6-5-9(7-12)11(14)15/h4,9H,3,5-7H2,1-2H3,(H,14,15). The van der Waals surface area contributed by atoms with Crippen LogP contribution in [-0.4, -0.2) is 35.0 Å². The minimum absolute atomic E-state index is 0.0272. The highest BCUT2D eigenvalue weighted by molar-refractivity contribution is 5.93. The number of hydrogen-bond donors (Lipinski definition) is 1. The van der Waals surface area contributed by atoms with E-state index in [1.807, 2.05) is 13.0 Å². The first kappa shape index (κ1) is 11.8. The maximum Gasteiger partial charge on any atom is 0.308 e. The molecule has 4 nitrogen and oxygen atoms in total. The summed E-state index contributed by atoms with van der Waals surface area (Å²) in [5.41, 5.74) is 0.712. The quantitative estimate of drug-likeness (QED) is 0.715. The van der Waals surface area contributed by atoms with Gasteiger partial charge in [0.2, 0.25) is 5.91 Å². The Hall–Kier alpha value is -1.32. The summed E-state index contributed by atoms with van der Waals surface area (Å²) in [5, 5.41) is 8.80. The Bertz CT molecular complexity index is 296. The van der Waals surface area contributed by atoms with Crippen molar-refractivity contribution in [1.82, 2.24) is 4.90 Å². The van der Waals surface area contributed by atoms with Crippen molar-refractivity contribution in [2.24, 2.45) is 5.92 Å². The van der Waals surface area contributed by atoms with Crippen LogP contribution >= 0.6 is 0 Å². The third-order valence-electron chi connectivity index (χ3n) is 2.67. The van der Waals surface area contributed by atoms with Gasteiger partial charge in [-0.05, 0) is 19.8 Å². The number of carboxylic acids is 1. The van der Waals surface area contributed by atoms with Crippen molar-refractivity contribution in [1.29, 1.82) is 0 Å². The maximum absolute atomic E-state index is 11.8. The zero-order valence-corrected chi connectivity index (χ0v) is 9.19. The van der Waals surface area contributed by atoms with E-state index in [1.54, 1.807) is 11.8 Å². The molecule has 1 heterocycles. The molecular formula is C11H17NO3. The molecule has 1 saturated heterocycles. The predicted molar refractivity (Wildman–Crippen MR) is 56.4 cm³/mol. The van der Waals surface area contributed by atoms with Crippen LogP contribution in [0.15, 0.2) is 11.6 Å². The number of amides is 1.